The van der Waals surface area contributed by atoms with Crippen LogP contribution in [0, 0.1) is 12.3 Å². The van der Waals surface area contributed by atoms with Crippen molar-refractivity contribution in [3.8, 4) is 12.3 Å². The molecule has 1 N–H and O–H groups in total. The van der Waals surface area contributed by atoms with Crippen LogP contribution in [0.3, 0.4) is 0 Å². The molecular weight excluding hydrogens is 186 g/mol. The molecule has 0 aliphatic rings. The number of hydrogen-bond acceptors (Lipinski definition) is 3. The molecule has 0 radical (unpaired) electrons. The molecular formula is C9H13NO4. The third-order valence-electron chi connectivity index (χ3n) is 1.60. The van der Waals surface area contributed by atoms with E-state index in [1.165, 1.54) is 6.92 Å². The number of esters is 1. The molecule has 0 aliphatic carbocycles. The number of carbonyl (C=O) groups is 2. The molecule has 0 aromatic rings. The normalized spacial score (nSPS) is 11.2. The quantitative estimate of drug-likeness (QED) is 0.530. The van der Waals surface area contributed by atoms with Crippen molar-refractivity contribution in [1.82, 2.24) is 4.90 Å². The zero-order valence-corrected chi connectivity index (χ0v) is 8.19. The maximum Gasteiger partial charge on any atom is 0.408 e. The van der Waals surface area contributed by atoms with Gasteiger partial charge in [-0.15, -0.1) is 6.42 Å². The van der Waals surface area contributed by atoms with Crippen LogP contribution in [0.4, 0.5) is 4.79 Å². The molecule has 78 valence electrons. The highest BCUT2D eigenvalue weighted by atomic mass is 16.5. The van der Waals surface area contributed by atoms with Gasteiger partial charge in [-0.05, 0) is 13.8 Å². The van der Waals surface area contributed by atoms with E-state index in [4.69, 9.17) is 11.5 Å². The Morgan fingerprint density at radius 3 is 2.57 bits per heavy atom. The summed E-state index contributed by atoms with van der Waals surface area (Å²) >= 11 is 0. The van der Waals surface area contributed by atoms with Crippen molar-refractivity contribution in [3.05, 3.63) is 0 Å². The highest BCUT2D eigenvalue weighted by molar-refractivity contribution is 5.80. The Balaban J connectivity index is 4.44. The van der Waals surface area contributed by atoms with Gasteiger partial charge in [0, 0.05) is 0 Å². The highest BCUT2D eigenvalue weighted by Crippen LogP contribution is 2.01. The minimum Gasteiger partial charge on any atom is -0.465 e. The number of carboxylic acid groups (broad SMARTS) is 1. The number of nitrogens with zero attached hydrogens (tertiary/aromatic N) is 1. The van der Waals surface area contributed by atoms with E-state index in [9.17, 15) is 9.59 Å². The lowest BCUT2D eigenvalue weighted by atomic mass is 10.3. The second-order valence-corrected chi connectivity index (χ2v) is 2.54. The summed E-state index contributed by atoms with van der Waals surface area (Å²) < 4.78 is 4.67. The maximum atomic E-state index is 11.2. The molecule has 1 amide bonds. The summed E-state index contributed by atoms with van der Waals surface area (Å²) in [5, 5.41) is 8.71. The van der Waals surface area contributed by atoms with Crippen LogP contribution in [0.1, 0.15) is 13.8 Å². The minimum atomic E-state index is -1.23. The van der Waals surface area contributed by atoms with E-state index in [1.54, 1.807) is 6.92 Å². The molecule has 0 unspecified atom stereocenters. The molecule has 0 rings (SSSR count). The van der Waals surface area contributed by atoms with Gasteiger partial charge in [0.2, 0.25) is 0 Å². The summed E-state index contributed by atoms with van der Waals surface area (Å²) in [5.74, 6) is 1.57. The fourth-order valence-corrected chi connectivity index (χ4v) is 0.859. The summed E-state index contributed by atoms with van der Waals surface area (Å²) in [6.07, 6.45) is 3.74. The van der Waals surface area contributed by atoms with Crippen molar-refractivity contribution in [2.24, 2.45) is 0 Å². The number of carbonyl (C=O) groups excluding carboxylic acids is 1. The van der Waals surface area contributed by atoms with Gasteiger partial charge in [-0.2, -0.15) is 0 Å². The third-order valence-corrected chi connectivity index (χ3v) is 1.60. The van der Waals surface area contributed by atoms with E-state index in [-0.39, 0.29) is 13.2 Å². The Morgan fingerprint density at radius 2 is 2.21 bits per heavy atom. The largest absolute Gasteiger partial charge is 0.465 e. The standard InChI is InChI=1S/C9H13NO4/c1-4-6-10(9(12)13)7(3)8(11)14-5-2/h1,7H,5-6H2,2-3H3,(H,12,13)/t7-/m0/s1. The molecule has 5 heteroatoms. The summed E-state index contributed by atoms with van der Waals surface area (Å²) in [6, 6.07) is -0.872. The Bertz CT molecular complexity index is 256. The van der Waals surface area contributed by atoms with Crippen molar-refractivity contribution < 1.29 is 19.4 Å². The third kappa shape index (κ3) is 3.35. The van der Waals surface area contributed by atoms with Crippen molar-refractivity contribution in [1.29, 1.82) is 0 Å². The molecule has 0 aromatic heterocycles. The molecule has 0 fully saturated rings. The average Bonchev–Trinajstić information content (AvgIpc) is 2.13. The van der Waals surface area contributed by atoms with Crippen molar-refractivity contribution >= 4 is 12.1 Å². The molecule has 0 aliphatic heterocycles. The smallest absolute Gasteiger partial charge is 0.408 e. The molecule has 0 saturated heterocycles. The van der Waals surface area contributed by atoms with Gasteiger partial charge in [-0.25, -0.2) is 9.59 Å². The first-order chi connectivity index (χ1) is 6.54. The molecule has 14 heavy (non-hydrogen) atoms. The van der Waals surface area contributed by atoms with Crippen LogP contribution in [0.15, 0.2) is 0 Å². The molecule has 1 atom stereocenters. The highest BCUT2D eigenvalue weighted by Gasteiger charge is 2.25. The van der Waals surface area contributed by atoms with Crippen molar-refractivity contribution in [3.63, 3.8) is 0 Å². The van der Waals surface area contributed by atoms with Crippen LogP contribution in [0.5, 0.6) is 0 Å². The van der Waals surface area contributed by atoms with Crippen molar-refractivity contribution in [2.45, 2.75) is 19.9 Å². The van der Waals surface area contributed by atoms with Gasteiger partial charge in [0.1, 0.15) is 6.04 Å². The first kappa shape index (κ1) is 12.3. The van der Waals surface area contributed by atoms with Gasteiger partial charge in [0.05, 0.1) is 13.2 Å². The molecule has 0 saturated carbocycles. The van der Waals surface area contributed by atoms with Gasteiger partial charge in [0.25, 0.3) is 0 Å². The summed E-state index contributed by atoms with van der Waals surface area (Å²) in [7, 11) is 0. The van der Waals surface area contributed by atoms with E-state index in [1.807, 2.05) is 0 Å². The SMILES string of the molecule is C#CCN(C(=O)O)[C@@H](C)C(=O)OCC. The van der Waals surface area contributed by atoms with Gasteiger partial charge >= 0.3 is 12.1 Å². The predicted molar refractivity (Wildman–Crippen MR) is 49.7 cm³/mol. The first-order valence-corrected chi connectivity index (χ1v) is 4.14. The zero-order chi connectivity index (χ0) is 11.1. The number of ether oxygens (including phenoxy) is 1. The summed E-state index contributed by atoms with van der Waals surface area (Å²) in [5.41, 5.74) is 0. The topological polar surface area (TPSA) is 66.8 Å². The van der Waals surface area contributed by atoms with E-state index >= 15 is 0 Å². The van der Waals surface area contributed by atoms with Crippen LogP contribution >= 0.6 is 0 Å². The van der Waals surface area contributed by atoms with E-state index in [0.717, 1.165) is 4.90 Å². The van der Waals surface area contributed by atoms with E-state index < -0.39 is 18.1 Å². The zero-order valence-electron chi connectivity index (χ0n) is 8.19. The van der Waals surface area contributed by atoms with Crippen molar-refractivity contribution in [2.75, 3.05) is 13.2 Å². The summed E-state index contributed by atoms with van der Waals surface area (Å²) in [6.45, 7) is 3.17. The van der Waals surface area contributed by atoms with Crippen LogP contribution < -0.4 is 0 Å². The van der Waals surface area contributed by atoms with Crippen LogP contribution in [0.25, 0.3) is 0 Å². The lowest BCUT2D eigenvalue weighted by molar-refractivity contribution is -0.147. The lowest BCUT2D eigenvalue weighted by Crippen LogP contribution is -2.43. The maximum absolute atomic E-state index is 11.2. The second-order valence-electron chi connectivity index (χ2n) is 2.54. The Hall–Kier alpha value is -1.70. The average molecular weight is 199 g/mol. The Kier molecular flexibility index (Phi) is 5.15. The monoisotopic (exact) mass is 199 g/mol. The number of hydrogen-bond donors (Lipinski definition) is 1. The fourth-order valence-electron chi connectivity index (χ4n) is 0.859. The van der Waals surface area contributed by atoms with Gasteiger partial charge in [-0.3, -0.25) is 4.90 Å². The van der Waals surface area contributed by atoms with E-state index in [0.29, 0.717) is 0 Å². The molecule has 5 nitrogen and oxygen atoms in total. The second kappa shape index (κ2) is 5.86. The Morgan fingerprint density at radius 1 is 1.64 bits per heavy atom. The fraction of sp³-hybridized carbons (Fsp3) is 0.556. The molecule has 0 aromatic carbocycles. The molecule has 0 heterocycles. The Labute approximate surface area is 82.6 Å². The predicted octanol–water partition coefficient (Wildman–Crippen LogP) is 0.551. The van der Waals surface area contributed by atoms with Gasteiger partial charge in [-0.1, -0.05) is 5.92 Å². The lowest BCUT2D eigenvalue weighted by Gasteiger charge is -2.22. The molecule has 0 spiro atoms. The number of rotatable bonds is 4. The first-order valence-electron chi connectivity index (χ1n) is 4.14. The minimum absolute atomic E-state index is 0.130. The van der Waals surface area contributed by atoms with Crippen LogP contribution in [-0.4, -0.2) is 41.3 Å². The van der Waals surface area contributed by atoms with Crippen LogP contribution in [0.2, 0.25) is 0 Å². The number of terminal acetylenes is 1. The van der Waals surface area contributed by atoms with E-state index in [2.05, 4.69) is 10.7 Å². The van der Waals surface area contributed by atoms with Gasteiger partial charge < -0.3 is 9.84 Å². The number of amides is 1. The summed E-state index contributed by atoms with van der Waals surface area (Å²) in [4.78, 5) is 22.7. The van der Waals surface area contributed by atoms with Gasteiger partial charge in [0.15, 0.2) is 0 Å². The van der Waals surface area contributed by atoms with Crippen LogP contribution in [-0.2, 0) is 9.53 Å². The molecule has 0 bridgehead atoms.